The zero-order chi connectivity index (χ0) is 19.2. The van der Waals surface area contributed by atoms with Gasteiger partial charge in [-0.25, -0.2) is 0 Å². The summed E-state index contributed by atoms with van der Waals surface area (Å²) < 4.78 is 11.1. The SMILES string of the molecule is Cc1ccc(CN(Cc2ccco2)C(=O)COc2ccc(Cl)c(C)c2)cc1. The quantitative estimate of drug-likeness (QED) is 0.566. The molecule has 0 N–H and O–H groups in total. The molecule has 0 aliphatic rings. The molecule has 0 aliphatic heterocycles. The molecule has 1 aromatic heterocycles. The molecule has 2 aromatic carbocycles. The molecular formula is C22H22ClNO3. The zero-order valence-electron chi connectivity index (χ0n) is 15.4. The molecule has 0 saturated carbocycles. The van der Waals surface area contributed by atoms with Gasteiger partial charge in [0.15, 0.2) is 6.61 Å². The van der Waals surface area contributed by atoms with E-state index in [1.807, 2.05) is 56.3 Å². The van der Waals surface area contributed by atoms with Crippen LogP contribution in [0.3, 0.4) is 0 Å². The summed E-state index contributed by atoms with van der Waals surface area (Å²) >= 11 is 6.03. The number of nitrogens with zero attached hydrogens (tertiary/aromatic N) is 1. The third-order valence-electron chi connectivity index (χ3n) is 4.27. The van der Waals surface area contributed by atoms with Gasteiger partial charge >= 0.3 is 0 Å². The van der Waals surface area contributed by atoms with E-state index in [2.05, 4.69) is 0 Å². The number of carbonyl (C=O) groups is 1. The van der Waals surface area contributed by atoms with Gasteiger partial charge in [0.25, 0.3) is 5.91 Å². The molecule has 5 heteroatoms. The van der Waals surface area contributed by atoms with Crippen molar-refractivity contribution >= 4 is 17.5 Å². The lowest BCUT2D eigenvalue weighted by molar-refractivity contribution is -0.134. The first-order valence-electron chi connectivity index (χ1n) is 8.76. The summed E-state index contributed by atoms with van der Waals surface area (Å²) in [5.74, 6) is 1.25. The zero-order valence-corrected chi connectivity index (χ0v) is 16.2. The Bertz CT molecular complexity index is 888. The Morgan fingerprint density at radius 2 is 1.85 bits per heavy atom. The summed E-state index contributed by atoms with van der Waals surface area (Å²) in [5.41, 5.74) is 3.15. The van der Waals surface area contributed by atoms with Gasteiger partial charge in [0.05, 0.1) is 12.8 Å². The number of ether oxygens (including phenoxy) is 1. The minimum atomic E-state index is -0.112. The molecule has 140 valence electrons. The molecular weight excluding hydrogens is 362 g/mol. The fourth-order valence-corrected chi connectivity index (χ4v) is 2.80. The van der Waals surface area contributed by atoms with Crippen LogP contribution >= 0.6 is 11.6 Å². The van der Waals surface area contributed by atoms with Gasteiger partial charge in [0.2, 0.25) is 0 Å². The average molecular weight is 384 g/mol. The number of furan rings is 1. The van der Waals surface area contributed by atoms with Gasteiger partial charge in [-0.15, -0.1) is 0 Å². The molecule has 1 amide bonds. The maximum atomic E-state index is 12.8. The van der Waals surface area contributed by atoms with Crippen LogP contribution in [0.2, 0.25) is 5.02 Å². The molecule has 0 atom stereocenters. The highest BCUT2D eigenvalue weighted by Crippen LogP contribution is 2.21. The van der Waals surface area contributed by atoms with Crippen molar-refractivity contribution in [3.05, 3.63) is 88.3 Å². The monoisotopic (exact) mass is 383 g/mol. The summed E-state index contributed by atoms with van der Waals surface area (Å²) in [6, 6.07) is 17.2. The smallest absolute Gasteiger partial charge is 0.261 e. The topological polar surface area (TPSA) is 42.7 Å². The normalized spacial score (nSPS) is 10.6. The van der Waals surface area contributed by atoms with Crippen LogP contribution in [-0.4, -0.2) is 17.4 Å². The van der Waals surface area contributed by atoms with E-state index in [4.69, 9.17) is 20.8 Å². The highest BCUT2D eigenvalue weighted by molar-refractivity contribution is 6.31. The van der Waals surface area contributed by atoms with Crippen LogP contribution in [0.5, 0.6) is 5.75 Å². The maximum absolute atomic E-state index is 12.8. The first kappa shape index (κ1) is 19.1. The van der Waals surface area contributed by atoms with Gasteiger partial charge in [-0.2, -0.15) is 0 Å². The molecule has 0 unspecified atom stereocenters. The highest BCUT2D eigenvalue weighted by atomic mass is 35.5. The Kier molecular flexibility index (Phi) is 6.20. The minimum Gasteiger partial charge on any atom is -0.484 e. The van der Waals surface area contributed by atoms with E-state index < -0.39 is 0 Å². The Hall–Kier alpha value is -2.72. The van der Waals surface area contributed by atoms with Crippen LogP contribution in [0.1, 0.15) is 22.5 Å². The third-order valence-corrected chi connectivity index (χ3v) is 4.69. The number of amides is 1. The lowest BCUT2D eigenvalue weighted by atomic mass is 10.1. The van der Waals surface area contributed by atoms with Gasteiger partial charge in [-0.3, -0.25) is 4.79 Å². The van der Waals surface area contributed by atoms with E-state index in [1.165, 1.54) is 5.56 Å². The second-order valence-corrected chi connectivity index (χ2v) is 6.92. The molecule has 3 rings (SSSR count). The number of halogens is 1. The van der Waals surface area contributed by atoms with E-state index in [1.54, 1.807) is 23.3 Å². The molecule has 0 bridgehead atoms. The first-order valence-corrected chi connectivity index (χ1v) is 9.14. The largest absolute Gasteiger partial charge is 0.484 e. The molecule has 0 saturated heterocycles. The minimum absolute atomic E-state index is 0.0480. The number of rotatable bonds is 7. The van der Waals surface area contributed by atoms with E-state index in [9.17, 15) is 4.79 Å². The number of benzene rings is 2. The Morgan fingerprint density at radius 1 is 1.07 bits per heavy atom. The number of hydrogen-bond acceptors (Lipinski definition) is 3. The second kappa shape index (κ2) is 8.78. The van der Waals surface area contributed by atoms with Crippen LogP contribution in [0.4, 0.5) is 0 Å². The first-order chi connectivity index (χ1) is 13.0. The predicted octanol–water partition coefficient (Wildman–Crippen LogP) is 5.16. The molecule has 27 heavy (non-hydrogen) atoms. The molecule has 0 aliphatic carbocycles. The summed E-state index contributed by atoms with van der Waals surface area (Å²) in [6.07, 6.45) is 1.61. The lowest BCUT2D eigenvalue weighted by Crippen LogP contribution is -2.34. The van der Waals surface area contributed by atoms with Gasteiger partial charge in [0, 0.05) is 11.6 Å². The van der Waals surface area contributed by atoms with Crippen molar-refractivity contribution in [3.8, 4) is 5.75 Å². The summed E-state index contributed by atoms with van der Waals surface area (Å²) in [6.45, 7) is 4.77. The van der Waals surface area contributed by atoms with Crippen molar-refractivity contribution in [3.63, 3.8) is 0 Å². The lowest BCUT2D eigenvalue weighted by Gasteiger charge is -2.22. The van der Waals surface area contributed by atoms with Crippen LogP contribution in [0, 0.1) is 13.8 Å². The van der Waals surface area contributed by atoms with E-state index in [0.717, 1.165) is 16.9 Å². The Balaban J connectivity index is 1.69. The molecule has 4 nitrogen and oxygen atoms in total. The standard InChI is InChI=1S/C22H22ClNO3/c1-16-5-7-18(8-6-16)13-24(14-20-4-3-11-26-20)22(25)15-27-19-9-10-21(23)17(2)12-19/h3-12H,13-15H2,1-2H3. The van der Waals surface area contributed by atoms with Crippen molar-refractivity contribution in [1.82, 2.24) is 4.90 Å². The fourth-order valence-electron chi connectivity index (χ4n) is 2.68. The van der Waals surface area contributed by atoms with Crippen LogP contribution in [0.15, 0.2) is 65.3 Å². The fraction of sp³-hybridized carbons (Fsp3) is 0.227. The van der Waals surface area contributed by atoms with Gasteiger partial charge < -0.3 is 14.1 Å². The van der Waals surface area contributed by atoms with Crippen molar-refractivity contribution in [2.45, 2.75) is 26.9 Å². The molecule has 0 fully saturated rings. The number of hydrogen-bond donors (Lipinski definition) is 0. The second-order valence-electron chi connectivity index (χ2n) is 6.51. The summed E-state index contributed by atoms with van der Waals surface area (Å²) in [7, 11) is 0. The van der Waals surface area contributed by atoms with Crippen LogP contribution < -0.4 is 4.74 Å². The van der Waals surface area contributed by atoms with Gasteiger partial charge in [-0.05, 0) is 55.3 Å². The summed E-state index contributed by atoms with van der Waals surface area (Å²) in [5, 5.41) is 0.674. The number of carbonyl (C=O) groups excluding carboxylic acids is 1. The Labute approximate surface area is 164 Å². The molecule has 0 radical (unpaired) electrons. The average Bonchev–Trinajstić information content (AvgIpc) is 3.17. The van der Waals surface area contributed by atoms with Crippen molar-refractivity contribution in [2.24, 2.45) is 0 Å². The van der Waals surface area contributed by atoms with E-state index >= 15 is 0 Å². The maximum Gasteiger partial charge on any atom is 0.261 e. The number of aryl methyl sites for hydroxylation is 2. The third kappa shape index (κ3) is 5.38. The van der Waals surface area contributed by atoms with Crippen molar-refractivity contribution < 1.29 is 13.9 Å². The van der Waals surface area contributed by atoms with Gasteiger partial charge in [-0.1, -0.05) is 41.4 Å². The van der Waals surface area contributed by atoms with E-state index in [0.29, 0.717) is 23.9 Å². The predicted molar refractivity (Wildman–Crippen MR) is 106 cm³/mol. The van der Waals surface area contributed by atoms with Crippen LogP contribution in [0.25, 0.3) is 0 Å². The van der Waals surface area contributed by atoms with E-state index in [-0.39, 0.29) is 12.5 Å². The van der Waals surface area contributed by atoms with Crippen LogP contribution in [-0.2, 0) is 17.9 Å². The molecule has 3 aromatic rings. The molecule has 1 heterocycles. The molecule has 0 spiro atoms. The Morgan fingerprint density at radius 3 is 2.52 bits per heavy atom. The van der Waals surface area contributed by atoms with Gasteiger partial charge in [0.1, 0.15) is 11.5 Å². The van der Waals surface area contributed by atoms with Crippen molar-refractivity contribution in [1.29, 1.82) is 0 Å². The highest BCUT2D eigenvalue weighted by Gasteiger charge is 2.17. The van der Waals surface area contributed by atoms with Crippen molar-refractivity contribution in [2.75, 3.05) is 6.61 Å². The summed E-state index contributed by atoms with van der Waals surface area (Å²) in [4.78, 5) is 14.5.